The summed E-state index contributed by atoms with van der Waals surface area (Å²) in [5, 5.41) is 5.67. The molecular weight excluding hydrogens is 404 g/mol. The molecule has 1 amide bonds. The minimum absolute atomic E-state index is 0.0654. The fraction of sp³-hybridized carbons (Fsp3) is 0.636. The maximum absolute atomic E-state index is 12.9. The molecule has 0 saturated carbocycles. The van der Waals surface area contributed by atoms with E-state index >= 15 is 0 Å². The summed E-state index contributed by atoms with van der Waals surface area (Å²) >= 11 is 0. The predicted octanol–water partition coefficient (Wildman–Crippen LogP) is 1.97. The van der Waals surface area contributed by atoms with Gasteiger partial charge in [0.05, 0.1) is 25.4 Å². The number of allylic oxidation sites excluding steroid dienone is 2. The maximum atomic E-state index is 12.9. The van der Waals surface area contributed by atoms with Crippen molar-refractivity contribution in [3.63, 3.8) is 0 Å². The third kappa shape index (κ3) is 7.41. The summed E-state index contributed by atoms with van der Waals surface area (Å²) in [6.07, 6.45) is 2.86. The molecule has 0 saturated heterocycles. The number of rotatable bonds is 10. The molecule has 1 heterocycles. The van der Waals surface area contributed by atoms with Gasteiger partial charge in [-0.1, -0.05) is 26.7 Å². The van der Waals surface area contributed by atoms with Gasteiger partial charge in [-0.15, -0.1) is 0 Å². The quantitative estimate of drug-likeness (QED) is 0.392. The van der Waals surface area contributed by atoms with E-state index in [9.17, 15) is 19.2 Å². The molecule has 0 radical (unpaired) electrons. The van der Waals surface area contributed by atoms with Gasteiger partial charge in [-0.3, -0.25) is 9.59 Å². The molecule has 174 valence electrons. The Morgan fingerprint density at radius 3 is 1.90 bits per heavy atom. The van der Waals surface area contributed by atoms with Gasteiger partial charge in [0.1, 0.15) is 5.92 Å². The zero-order chi connectivity index (χ0) is 23.7. The molecule has 1 aliphatic heterocycles. The first-order chi connectivity index (χ1) is 14.5. The zero-order valence-corrected chi connectivity index (χ0v) is 19.4. The van der Waals surface area contributed by atoms with Crippen molar-refractivity contribution < 1.29 is 33.4 Å². The van der Waals surface area contributed by atoms with Crippen LogP contribution in [-0.2, 0) is 33.4 Å². The number of ether oxygens (including phenoxy) is 3. The molecule has 9 nitrogen and oxygen atoms in total. The molecule has 1 aliphatic rings. The van der Waals surface area contributed by atoms with Crippen LogP contribution in [0.25, 0.3) is 0 Å². The van der Waals surface area contributed by atoms with Crippen LogP contribution in [0.4, 0.5) is 0 Å². The number of dihydropyridines is 1. The molecule has 9 heteroatoms. The number of nitrogens with one attached hydrogen (secondary N) is 2. The standard InChI is InChI=1S/C22H34N2O7/c1-12(2)9-8-10-13(3)23-16(25)11-31-22(28)19-17(20(26)29-6)14(4)24-15(5)18(19)21(27)30-7/h12-13,19,24H,8-11H2,1-7H3,(H,23,25). The highest BCUT2D eigenvalue weighted by atomic mass is 16.5. The first kappa shape index (κ1) is 26.2. The Balaban J connectivity index is 2.90. The molecule has 0 aromatic rings. The van der Waals surface area contributed by atoms with Crippen molar-refractivity contribution in [3.05, 3.63) is 22.5 Å². The van der Waals surface area contributed by atoms with E-state index in [0.29, 0.717) is 17.3 Å². The van der Waals surface area contributed by atoms with E-state index in [1.165, 1.54) is 14.2 Å². The highest BCUT2D eigenvalue weighted by Crippen LogP contribution is 2.32. The third-order valence-corrected chi connectivity index (χ3v) is 4.98. The largest absolute Gasteiger partial charge is 0.466 e. The number of amides is 1. The summed E-state index contributed by atoms with van der Waals surface area (Å²) in [5.41, 5.74) is 0.561. The van der Waals surface area contributed by atoms with Gasteiger partial charge in [-0.25, -0.2) is 9.59 Å². The lowest BCUT2D eigenvalue weighted by atomic mass is 9.85. The minimum Gasteiger partial charge on any atom is -0.466 e. The Morgan fingerprint density at radius 2 is 1.45 bits per heavy atom. The normalized spacial score (nSPS) is 15.4. The first-order valence-corrected chi connectivity index (χ1v) is 10.3. The summed E-state index contributed by atoms with van der Waals surface area (Å²) in [6.45, 7) is 8.79. The lowest BCUT2D eigenvalue weighted by molar-refractivity contribution is -0.153. The Labute approximate surface area is 183 Å². The van der Waals surface area contributed by atoms with E-state index in [-0.39, 0.29) is 17.2 Å². The molecule has 0 spiro atoms. The van der Waals surface area contributed by atoms with Gasteiger partial charge in [0, 0.05) is 17.4 Å². The highest BCUT2D eigenvalue weighted by Gasteiger charge is 2.42. The molecule has 1 rings (SSSR count). The number of esters is 3. The van der Waals surface area contributed by atoms with Crippen LogP contribution >= 0.6 is 0 Å². The predicted molar refractivity (Wildman–Crippen MR) is 113 cm³/mol. The van der Waals surface area contributed by atoms with Gasteiger partial charge in [0.2, 0.25) is 0 Å². The second kappa shape index (κ2) is 12.1. The smallest absolute Gasteiger partial charge is 0.336 e. The van der Waals surface area contributed by atoms with E-state index in [1.807, 2.05) is 6.92 Å². The highest BCUT2D eigenvalue weighted by molar-refractivity contribution is 6.05. The van der Waals surface area contributed by atoms with Crippen molar-refractivity contribution in [3.8, 4) is 0 Å². The fourth-order valence-electron chi connectivity index (χ4n) is 3.43. The van der Waals surface area contributed by atoms with Crippen LogP contribution in [0.2, 0.25) is 0 Å². The Kier molecular flexibility index (Phi) is 10.2. The molecule has 1 atom stereocenters. The summed E-state index contributed by atoms with van der Waals surface area (Å²) in [4.78, 5) is 49.7. The summed E-state index contributed by atoms with van der Waals surface area (Å²) < 4.78 is 14.7. The van der Waals surface area contributed by atoms with E-state index in [4.69, 9.17) is 14.2 Å². The molecular formula is C22H34N2O7. The molecule has 2 N–H and O–H groups in total. The van der Waals surface area contributed by atoms with Crippen molar-refractivity contribution in [1.29, 1.82) is 0 Å². The summed E-state index contributed by atoms with van der Waals surface area (Å²) in [5.74, 6) is -3.72. The molecule has 31 heavy (non-hydrogen) atoms. The first-order valence-electron chi connectivity index (χ1n) is 10.3. The molecule has 0 aromatic carbocycles. The number of carbonyl (C=O) groups is 4. The van der Waals surface area contributed by atoms with Crippen LogP contribution in [0.15, 0.2) is 22.5 Å². The van der Waals surface area contributed by atoms with Gasteiger partial charge < -0.3 is 24.8 Å². The SMILES string of the molecule is COC(=O)C1=C(C)NC(C)=C(C(=O)OC)C1C(=O)OCC(=O)NC(C)CCCC(C)C. The Morgan fingerprint density at radius 1 is 0.935 bits per heavy atom. The van der Waals surface area contributed by atoms with E-state index in [2.05, 4.69) is 24.5 Å². The van der Waals surface area contributed by atoms with Crippen LogP contribution in [0.5, 0.6) is 0 Å². The maximum Gasteiger partial charge on any atom is 0.336 e. The van der Waals surface area contributed by atoms with E-state index < -0.39 is 36.3 Å². The zero-order valence-electron chi connectivity index (χ0n) is 19.4. The Hall–Kier alpha value is -2.84. The van der Waals surface area contributed by atoms with E-state index in [1.54, 1.807) is 13.8 Å². The van der Waals surface area contributed by atoms with Crippen LogP contribution in [0.1, 0.15) is 53.9 Å². The number of carbonyl (C=O) groups excluding carboxylic acids is 4. The van der Waals surface area contributed by atoms with Crippen molar-refractivity contribution in [2.24, 2.45) is 11.8 Å². The Bertz CT molecular complexity index is 730. The van der Waals surface area contributed by atoms with Crippen molar-refractivity contribution in [2.45, 2.75) is 59.9 Å². The lowest BCUT2D eigenvalue weighted by Crippen LogP contribution is -2.40. The third-order valence-electron chi connectivity index (χ3n) is 4.98. The molecule has 0 aromatic heterocycles. The average molecular weight is 439 g/mol. The van der Waals surface area contributed by atoms with Crippen molar-refractivity contribution >= 4 is 23.8 Å². The van der Waals surface area contributed by atoms with Gasteiger partial charge in [0.15, 0.2) is 6.61 Å². The number of hydrogen-bond donors (Lipinski definition) is 2. The van der Waals surface area contributed by atoms with Gasteiger partial charge >= 0.3 is 17.9 Å². The van der Waals surface area contributed by atoms with Gasteiger partial charge in [0.25, 0.3) is 5.91 Å². The molecule has 1 unspecified atom stereocenters. The van der Waals surface area contributed by atoms with Crippen LogP contribution < -0.4 is 10.6 Å². The van der Waals surface area contributed by atoms with Crippen LogP contribution in [0.3, 0.4) is 0 Å². The average Bonchev–Trinajstić information content (AvgIpc) is 2.70. The molecule has 0 bridgehead atoms. The van der Waals surface area contributed by atoms with Crippen LogP contribution in [-0.4, -0.2) is 50.7 Å². The monoisotopic (exact) mass is 438 g/mol. The van der Waals surface area contributed by atoms with E-state index in [0.717, 1.165) is 19.3 Å². The molecule has 0 fully saturated rings. The van der Waals surface area contributed by atoms with Crippen LogP contribution in [0, 0.1) is 11.8 Å². The van der Waals surface area contributed by atoms with Crippen molar-refractivity contribution in [1.82, 2.24) is 10.6 Å². The van der Waals surface area contributed by atoms with Crippen molar-refractivity contribution in [2.75, 3.05) is 20.8 Å². The summed E-state index contributed by atoms with van der Waals surface area (Å²) in [6, 6.07) is -0.0654. The number of methoxy groups -OCH3 is 2. The summed E-state index contributed by atoms with van der Waals surface area (Å²) in [7, 11) is 2.34. The molecule has 0 aliphatic carbocycles. The lowest BCUT2D eigenvalue weighted by Gasteiger charge is -2.28. The number of hydrogen-bond acceptors (Lipinski definition) is 8. The second-order valence-corrected chi connectivity index (χ2v) is 8.02. The van der Waals surface area contributed by atoms with Gasteiger partial charge in [-0.2, -0.15) is 0 Å². The minimum atomic E-state index is -1.36. The topological polar surface area (TPSA) is 120 Å². The van der Waals surface area contributed by atoms with Gasteiger partial charge in [-0.05, 0) is 33.1 Å². The second-order valence-electron chi connectivity index (χ2n) is 8.02. The fourth-order valence-corrected chi connectivity index (χ4v) is 3.43.